The number of carbonyl (C=O) groups is 10. The monoisotopic (exact) mass is 1410 g/mol. The largest absolute Gasteiger partial charge is 0.488 e. The lowest BCUT2D eigenvalue weighted by Crippen LogP contribution is -2.30. The SMILES string of the molecule is CC(C)C1=Cc2ccc3c(c2C(=O)C1=O)C=CCC3(C)C.CC(C)C1=Cc2ccc3c(c2C(=O)C1=O)CCCC3(C)C.Cc1cccc2c3c(ccc12)C(=O)C1=C(OCC1C)C3=O.Cc1coc2c1C(=O)C(=O)c1c-2ccc2c(C)cccc12.Cc1coc2c1C(=O)C(=O)c1c-2ccc2c1CCCC2(C)C. The third-order valence-electron chi connectivity index (χ3n) is 23.2. The summed E-state index contributed by atoms with van der Waals surface area (Å²) in [5.74, 6) is -1.78. The Morgan fingerprint density at radius 1 is 0.406 bits per heavy atom. The zero-order valence-corrected chi connectivity index (χ0v) is 62.9. The number of carbonyl (C=O) groups excluding carboxylic acids is 10. The summed E-state index contributed by atoms with van der Waals surface area (Å²) in [6.07, 6.45) is 18.1. The molecule has 1 unspecified atom stereocenters. The molecule has 9 aromatic rings. The zero-order chi connectivity index (χ0) is 75.8. The highest BCUT2D eigenvalue weighted by molar-refractivity contribution is 6.56. The first-order chi connectivity index (χ1) is 50.3. The summed E-state index contributed by atoms with van der Waals surface area (Å²) < 4.78 is 16.6. The summed E-state index contributed by atoms with van der Waals surface area (Å²) in [5, 5.41) is 3.64. The van der Waals surface area contributed by atoms with Crippen molar-refractivity contribution in [2.45, 2.75) is 165 Å². The van der Waals surface area contributed by atoms with E-state index in [2.05, 4.69) is 65.8 Å². The van der Waals surface area contributed by atoms with Gasteiger partial charge >= 0.3 is 0 Å². The number of hydrogen-bond donors (Lipinski definition) is 0. The molecule has 18 rings (SSSR count). The molecule has 13 nitrogen and oxygen atoms in total. The molecule has 536 valence electrons. The van der Waals surface area contributed by atoms with Crippen LogP contribution in [0, 0.1) is 45.4 Å². The maximum Gasteiger partial charge on any atom is 0.237 e. The number of fused-ring (bicyclic) bond motifs is 19. The van der Waals surface area contributed by atoms with Gasteiger partial charge in [0.1, 0.15) is 11.5 Å². The van der Waals surface area contributed by atoms with Crippen molar-refractivity contribution in [1.82, 2.24) is 0 Å². The van der Waals surface area contributed by atoms with Crippen molar-refractivity contribution in [1.29, 1.82) is 0 Å². The Morgan fingerprint density at radius 3 is 1.38 bits per heavy atom. The van der Waals surface area contributed by atoms with Crippen molar-refractivity contribution in [3.63, 3.8) is 0 Å². The third kappa shape index (κ3) is 11.7. The Balaban J connectivity index is 0.000000111. The summed E-state index contributed by atoms with van der Waals surface area (Å²) >= 11 is 0. The van der Waals surface area contributed by atoms with Gasteiger partial charge in [0.05, 0.1) is 35.8 Å². The highest BCUT2D eigenvalue weighted by Crippen LogP contribution is 2.48. The topological polar surface area (TPSA) is 206 Å². The zero-order valence-electron chi connectivity index (χ0n) is 62.9. The molecule has 2 aromatic heterocycles. The van der Waals surface area contributed by atoms with Gasteiger partial charge in [0.15, 0.2) is 11.5 Å². The van der Waals surface area contributed by atoms with Crippen LogP contribution in [0.2, 0.25) is 0 Å². The van der Waals surface area contributed by atoms with Crippen LogP contribution >= 0.6 is 0 Å². The summed E-state index contributed by atoms with van der Waals surface area (Å²) in [6.45, 7) is 30.9. The van der Waals surface area contributed by atoms with Crippen LogP contribution in [0.3, 0.4) is 0 Å². The van der Waals surface area contributed by atoms with Crippen molar-refractivity contribution >= 4 is 97.6 Å². The van der Waals surface area contributed by atoms with Crippen LogP contribution in [0.1, 0.15) is 258 Å². The quantitative estimate of drug-likeness (QED) is 0.148. The van der Waals surface area contributed by atoms with E-state index in [0.29, 0.717) is 90.5 Å². The van der Waals surface area contributed by atoms with Gasteiger partial charge in [0.2, 0.25) is 52.0 Å². The molecule has 106 heavy (non-hydrogen) atoms. The van der Waals surface area contributed by atoms with Crippen LogP contribution in [0.4, 0.5) is 0 Å². The highest BCUT2D eigenvalue weighted by Gasteiger charge is 2.44. The summed E-state index contributed by atoms with van der Waals surface area (Å²) in [7, 11) is 0. The number of furan rings is 2. The number of rotatable bonds is 2. The summed E-state index contributed by atoms with van der Waals surface area (Å²) in [5.41, 5.74) is 19.7. The van der Waals surface area contributed by atoms with Crippen LogP contribution in [0.25, 0.3) is 62.4 Å². The van der Waals surface area contributed by atoms with Crippen LogP contribution < -0.4 is 0 Å². The molecule has 0 radical (unpaired) electrons. The minimum atomic E-state index is -0.474. The maximum atomic E-state index is 12.8. The Bertz CT molecular complexity index is 5630. The standard InChI is InChI=1S/C19H18O3.C19H22O2.C19H20O2.C18H12O3.C18H14O3/c1-10-9-22-18-12-6-7-13-11(5-4-8-19(13,2)3)15(12)17(21)16(20)14(10)18;2*1-11(2)14-10-12-7-8-15-13(6-5-9-19(15,3)4)16(12)18(21)17(14)20;1-9-4-3-5-12-11(9)6-7-13-15(12)17(20)16(19)14-10(2)8-21-18(13)14;1-9-4-3-5-12-11(9)6-7-13-15(12)17(20)18-14(16(13)19)10(2)8-21-18/h6-7,9H,4-5,8H2,1-3H3;7-8,10-11H,5-6,9H2,1-4H3;5-8,10-11H,9H2,1-4H3;3-8H,1-2H3;3-7,10H,8H2,1-2H3. The predicted octanol–water partition coefficient (Wildman–Crippen LogP) is 20.1. The second-order valence-electron chi connectivity index (χ2n) is 32.3. The van der Waals surface area contributed by atoms with Gasteiger partial charge in [0.25, 0.3) is 0 Å². The normalized spacial score (nSPS) is 18.4. The van der Waals surface area contributed by atoms with E-state index in [-0.39, 0.29) is 80.2 Å². The second-order valence-corrected chi connectivity index (χ2v) is 32.3. The molecule has 8 aliphatic carbocycles. The third-order valence-corrected chi connectivity index (χ3v) is 23.2. The van der Waals surface area contributed by atoms with E-state index in [0.717, 1.165) is 122 Å². The van der Waals surface area contributed by atoms with Gasteiger partial charge in [-0.25, -0.2) is 0 Å². The lowest BCUT2D eigenvalue weighted by Gasteiger charge is -2.34. The number of ketones is 10. The molecule has 0 N–H and O–H groups in total. The van der Waals surface area contributed by atoms with Gasteiger partial charge in [-0.05, 0) is 213 Å². The Labute approximate surface area is 617 Å². The van der Waals surface area contributed by atoms with Gasteiger partial charge in [-0.15, -0.1) is 0 Å². The van der Waals surface area contributed by atoms with Gasteiger partial charge in [-0.2, -0.15) is 0 Å². The van der Waals surface area contributed by atoms with Crippen LogP contribution in [0.5, 0.6) is 0 Å². The van der Waals surface area contributed by atoms with E-state index in [1.165, 1.54) is 17.4 Å². The molecule has 7 aromatic carbocycles. The molecule has 13 heteroatoms. The number of allylic oxidation sites excluding steroid dienone is 4. The van der Waals surface area contributed by atoms with E-state index in [9.17, 15) is 47.9 Å². The predicted molar refractivity (Wildman–Crippen MR) is 413 cm³/mol. The first kappa shape index (κ1) is 72.0. The van der Waals surface area contributed by atoms with Crippen LogP contribution in [0.15, 0.2) is 147 Å². The molecule has 0 bridgehead atoms. The van der Waals surface area contributed by atoms with E-state index >= 15 is 0 Å². The minimum absolute atomic E-state index is 0.00444. The summed E-state index contributed by atoms with van der Waals surface area (Å²) in [6, 6.07) is 31.5. The average molecular weight is 1410 g/mol. The molecule has 3 heterocycles. The molecule has 0 saturated carbocycles. The molecule has 9 aliphatic rings. The molecule has 0 amide bonds. The van der Waals surface area contributed by atoms with Gasteiger partial charge in [-0.3, -0.25) is 47.9 Å². The number of ether oxygens (including phenoxy) is 1. The fourth-order valence-electron chi connectivity index (χ4n) is 17.4. The first-order valence-corrected chi connectivity index (χ1v) is 36.9. The Hall–Kier alpha value is -10.9. The minimum Gasteiger partial charge on any atom is -0.488 e. The summed E-state index contributed by atoms with van der Waals surface area (Å²) in [4.78, 5) is 126. The van der Waals surface area contributed by atoms with Crippen molar-refractivity contribution < 1.29 is 61.5 Å². The van der Waals surface area contributed by atoms with Gasteiger partial charge in [0, 0.05) is 61.6 Å². The lowest BCUT2D eigenvalue weighted by molar-refractivity contribution is -0.112. The highest BCUT2D eigenvalue weighted by atomic mass is 16.5. The average Bonchev–Trinajstić information content (AvgIpc) is 1.38. The number of benzene rings is 7. The first-order valence-electron chi connectivity index (χ1n) is 36.9. The van der Waals surface area contributed by atoms with E-state index in [1.54, 1.807) is 26.2 Å². The Morgan fingerprint density at radius 2 is 0.840 bits per heavy atom. The lowest BCUT2D eigenvalue weighted by atomic mass is 9.69. The molecule has 0 fully saturated rings. The number of aryl methyl sites for hydroxylation is 4. The fourth-order valence-corrected chi connectivity index (χ4v) is 17.4. The molecular weight excluding hydrogens is 1330 g/mol. The molecule has 1 atom stereocenters. The number of hydrogen-bond acceptors (Lipinski definition) is 13. The van der Waals surface area contributed by atoms with Crippen molar-refractivity contribution in [2.75, 3.05) is 6.61 Å². The van der Waals surface area contributed by atoms with Crippen molar-refractivity contribution in [3.05, 3.63) is 249 Å². The molecule has 0 spiro atoms. The van der Waals surface area contributed by atoms with E-state index < -0.39 is 17.3 Å². The molecular formula is C93H86O13. The number of Topliss-reactive ketones (excluding diaryl/α,β-unsaturated/α-hetero) is 10. The van der Waals surface area contributed by atoms with E-state index in [1.807, 2.05) is 139 Å². The smallest absolute Gasteiger partial charge is 0.237 e. The van der Waals surface area contributed by atoms with E-state index in [4.69, 9.17) is 13.6 Å². The van der Waals surface area contributed by atoms with Crippen molar-refractivity contribution in [3.8, 4) is 22.6 Å². The van der Waals surface area contributed by atoms with Crippen molar-refractivity contribution in [2.24, 2.45) is 17.8 Å². The Kier molecular flexibility index (Phi) is 18.1. The molecule has 1 aliphatic heterocycles. The molecule has 0 saturated heterocycles. The second kappa shape index (κ2) is 26.6. The maximum absolute atomic E-state index is 12.8. The van der Waals surface area contributed by atoms with Gasteiger partial charge in [-0.1, -0.05) is 173 Å². The van der Waals surface area contributed by atoms with Crippen LogP contribution in [-0.2, 0) is 43.4 Å². The fraction of sp³-hybridized carbons (Fsp3) is 0.312. The van der Waals surface area contributed by atoms with Gasteiger partial charge < -0.3 is 13.6 Å². The van der Waals surface area contributed by atoms with Crippen LogP contribution in [-0.4, -0.2) is 64.4 Å².